The largest absolute Gasteiger partial charge is 0.264 e. The molecule has 26 heavy (non-hydrogen) atoms. The van der Waals surface area contributed by atoms with E-state index in [9.17, 15) is 8.42 Å². The second-order valence-corrected chi connectivity index (χ2v) is 9.87. The zero-order valence-electron chi connectivity index (χ0n) is 15.1. The molecule has 0 aliphatic rings. The van der Waals surface area contributed by atoms with Crippen molar-refractivity contribution in [3.63, 3.8) is 0 Å². The maximum absolute atomic E-state index is 12.6. The molecule has 2 heterocycles. The summed E-state index contributed by atoms with van der Waals surface area (Å²) >= 11 is 1.63. The number of hydrogen-bond acceptors (Lipinski definition) is 4. The normalized spacial score (nSPS) is 12.3. The maximum atomic E-state index is 12.6. The van der Waals surface area contributed by atoms with E-state index in [1.165, 1.54) is 0 Å². The molecule has 0 aliphatic carbocycles. The average molecular weight is 387 g/mol. The third-order valence-electron chi connectivity index (χ3n) is 4.10. The smallest absolute Gasteiger partial charge is 0.240 e. The highest BCUT2D eigenvalue weighted by atomic mass is 32.2. The third kappa shape index (κ3) is 4.38. The molecule has 0 bridgehead atoms. The summed E-state index contributed by atoms with van der Waals surface area (Å²) in [6.45, 7) is 6.50. The standard InChI is InChI=1S/C20H22N2O2S2/c1-20(2,3)17-6-8-18(9-7-17)26(23,24)22-13-15-11-16(14-21-12-15)19-5-4-10-25-19/h4-12,14,22H,13H2,1-3H3. The lowest BCUT2D eigenvalue weighted by Crippen LogP contribution is -2.23. The fourth-order valence-corrected chi connectivity index (χ4v) is 4.28. The van der Waals surface area contributed by atoms with Gasteiger partial charge in [0.15, 0.2) is 0 Å². The molecule has 1 N–H and O–H groups in total. The minimum absolute atomic E-state index is 0.0103. The number of thiophene rings is 1. The second-order valence-electron chi connectivity index (χ2n) is 7.16. The van der Waals surface area contributed by atoms with Gasteiger partial charge in [0.1, 0.15) is 0 Å². The molecular weight excluding hydrogens is 364 g/mol. The molecule has 0 saturated carbocycles. The number of pyridine rings is 1. The minimum atomic E-state index is -3.56. The monoisotopic (exact) mass is 386 g/mol. The second kappa shape index (κ2) is 7.31. The Bertz CT molecular complexity index is 971. The van der Waals surface area contributed by atoms with E-state index in [2.05, 4.69) is 30.5 Å². The van der Waals surface area contributed by atoms with Gasteiger partial charge in [0.05, 0.1) is 4.90 Å². The highest BCUT2D eigenvalue weighted by Gasteiger charge is 2.17. The quantitative estimate of drug-likeness (QED) is 0.698. The summed E-state index contributed by atoms with van der Waals surface area (Å²) < 4.78 is 27.8. The molecule has 0 amide bonds. The lowest BCUT2D eigenvalue weighted by Gasteiger charge is -2.19. The third-order valence-corrected chi connectivity index (χ3v) is 6.43. The molecule has 0 atom stereocenters. The van der Waals surface area contributed by atoms with Crippen molar-refractivity contribution in [2.24, 2.45) is 0 Å². The maximum Gasteiger partial charge on any atom is 0.240 e. The van der Waals surface area contributed by atoms with Crippen LogP contribution in [0.4, 0.5) is 0 Å². The molecule has 3 aromatic rings. The van der Waals surface area contributed by atoms with Crippen LogP contribution in [0.2, 0.25) is 0 Å². The van der Waals surface area contributed by atoms with Gasteiger partial charge in [-0.25, -0.2) is 13.1 Å². The van der Waals surface area contributed by atoms with Crippen molar-refractivity contribution in [3.8, 4) is 10.4 Å². The van der Waals surface area contributed by atoms with E-state index >= 15 is 0 Å². The summed E-state index contributed by atoms with van der Waals surface area (Å²) in [6.07, 6.45) is 3.47. The number of rotatable bonds is 5. The van der Waals surface area contributed by atoms with Crippen molar-refractivity contribution >= 4 is 21.4 Å². The number of hydrogen-bond donors (Lipinski definition) is 1. The number of nitrogens with zero attached hydrogens (tertiary/aromatic N) is 1. The van der Waals surface area contributed by atoms with E-state index < -0.39 is 10.0 Å². The predicted molar refractivity (Wildman–Crippen MR) is 107 cm³/mol. The fourth-order valence-electron chi connectivity index (χ4n) is 2.56. The van der Waals surface area contributed by atoms with E-state index in [1.54, 1.807) is 35.9 Å². The Morgan fingerprint density at radius 3 is 2.42 bits per heavy atom. The van der Waals surface area contributed by atoms with Gasteiger partial charge in [-0.3, -0.25) is 4.98 Å². The molecule has 0 fully saturated rings. The van der Waals surface area contributed by atoms with Gasteiger partial charge in [-0.15, -0.1) is 11.3 Å². The minimum Gasteiger partial charge on any atom is -0.264 e. The summed E-state index contributed by atoms with van der Waals surface area (Å²) in [6, 6.07) is 13.0. The highest BCUT2D eigenvalue weighted by Crippen LogP contribution is 2.25. The van der Waals surface area contributed by atoms with E-state index in [1.807, 2.05) is 35.7 Å². The van der Waals surface area contributed by atoms with Crippen LogP contribution in [0.3, 0.4) is 0 Å². The predicted octanol–water partition coefficient (Wildman–Crippen LogP) is 4.59. The first-order valence-electron chi connectivity index (χ1n) is 8.34. The lowest BCUT2D eigenvalue weighted by molar-refractivity contribution is 0.578. The Morgan fingerprint density at radius 1 is 1.08 bits per heavy atom. The summed E-state index contributed by atoms with van der Waals surface area (Å²) in [5.74, 6) is 0. The van der Waals surface area contributed by atoms with Crippen LogP contribution in [0, 0.1) is 0 Å². The van der Waals surface area contributed by atoms with Gasteiger partial charge in [0.2, 0.25) is 10.0 Å². The number of sulfonamides is 1. The summed E-state index contributed by atoms with van der Waals surface area (Å²) in [5, 5.41) is 2.01. The van der Waals surface area contributed by atoms with Crippen LogP contribution in [0.5, 0.6) is 0 Å². The number of aromatic nitrogens is 1. The van der Waals surface area contributed by atoms with Gasteiger partial charge >= 0.3 is 0 Å². The molecule has 3 rings (SSSR count). The molecule has 0 aliphatic heterocycles. The van der Waals surface area contributed by atoms with Gasteiger partial charge in [0.25, 0.3) is 0 Å². The molecule has 0 spiro atoms. The molecule has 0 saturated heterocycles. The lowest BCUT2D eigenvalue weighted by atomic mass is 9.87. The van der Waals surface area contributed by atoms with Crippen LogP contribution < -0.4 is 4.72 Å². The Kier molecular flexibility index (Phi) is 5.27. The molecule has 0 radical (unpaired) electrons. The van der Waals surface area contributed by atoms with Gasteiger partial charge in [0, 0.05) is 29.4 Å². The van der Waals surface area contributed by atoms with Crippen LogP contribution in [-0.4, -0.2) is 13.4 Å². The van der Waals surface area contributed by atoms with Crippen LogP contribution in [-0.2, 0) is 22.0 Å². The highest BCUT2D eigenvalue weighted by molar-refractivity contribution is 7.89. The van der Waals surface area contributed by atoms with Crippen molar-refractivity contribution in [3.05, 3.63) is 71.4 Å². The first-order chi connectivity index (χ1) is 12.3. The topological polar surface area (TPSA) is 59.1 Å². The van der Waals surface area contributed by atoms with E-state index in [0.29, 0.717) is 0 Å². The Morgan fingerprint density at radius 2 is 1.81 bits per heavy atom. The van der Waals surface area contributed by atoms with Gasteiger partial charge in [-0.05, 0) is 46.2 Å². The van der Waals surface area contributed by atoms with E-state index in [0.717, 1.165) is 21.6 Å². The van der Waals surface area contributed by atoms with Crippen LogP contribution in [0.1, 0.15) is 31.9 Å². The first kappa shape index (κ1) is 18.8. The molecular formula is C20H22N2O2S2. The van der Waals surface area contributed by atoms with Crippen LogP contribution >= 0.6 is 11.3 Å². The Labute approximate surface area is 159 Å². The summed E-state index contributed by atoms with van der Waals surface area (Å²) in [7, 11) is -3.56. The Balaban J connectivity index is 1.73. The SMILES string of the molecule is CC(C)(C)c1ccc(S(=O)(=O)NCc2cncc(-c3cccs3)c2)cc1. The van der Waals surface area contributed by atoms with Crippen molar-refractivity contribution in [1.82, 2.24) is 9.71 Å². The van der Waals surface area contributed by atoms with Gasteiger partial charge in [-0.1, -0.05) is 39.0 Å². The summed E-state index contributed by atoms with van der Waals surface area (Å²) in [4.78, 5) is 5.61. The van der Waals surface area contributed by atoms with E-state index in [-0.39, 0.29) is 16.9 Å². The molecule has 2 aromatic heterocycles. The number of nitrogens with one attached hydrogen (secondary N) is 1. The molecule has 1 aromatic carbocycles. The molecule has 6 heteroatoms. The van der Waals surface area contributed by atoms with Crippen LogP contribution in [0.15, 0.2) is 65.1 Å². The fraction of sp³-hybridized carbons (Fsp3) is 0.250. The van der Waals surface area contributed by atoms with E-state index in [4.69, 9.17) is 0 Å². The average Bonchev–Trinajstić information content (AvgIpc) is 3.14. The van der Waals surface area contributed by atoms with Crippen LogP contribution in [0.25, 0.3) is 10.4 Å². The summed E-state index contributed by atoms with van der Waals surface area (Å²) in [5.41, 5.74) is 2.91. The Hall–Kier alpha value is -2.02. The van der Waals surface area contributed by atoms with Crippen molar-refractivity contribution in [2.45, 2.75) is 37.6 Å². The molecule has 4 nitrogen and oxygen atoms in total. The van der Waals surface area contributed by atoms with Gasteiger partial charge in [-0.2, -0.15) is 0 Å². The zero-order chi connectivity index (χ0) is 18.8. The van der Waals surface area contributed by atoms with Crippen molar-refractivity contribution < 1.29 is 8.42 Å². The van der Waals surface area contributed by atoms with Gasteiger partial charge < -0.3 is 0 Å². The number of benzene rings is 1. The molecule has 136 valence electrons. The zero-order valence-corrected chi connectivity index (χ0v) is 16.7. The van der Waals surface area contributed by atoms with Crippen molar-refractivity contribution in [1.29, 1.82) is 0 Å². The first-order valence-corrected chi connectivity index (χ1v) is 10.7. The van der Waals surface area contributed by atoms with Crippen molar-refractivity contribution in [2.75, 3.05) is 0 Å². The molecule has 0 unspecified atom stereocenters.